The standard InChI is InChI=1S/C37H40Cl3N3O7S/c1-24(2)21-41-37(45)32(18-25-9-7-6-8-10-25)42(22-26-11-14-29(39)30(40)17-26)36(44)23-43(31-19-27(38)12-15-33(31)48-3)51(46,47)28-13-16-34(49-4)35(20-28)50-5/h6-17,19-20,24,32H,18,21-23H2,1-5H3,(H,41,45)/t32-/m0/s1. The summed E-state index contributed by atoms with van der Waals surface area (Å²) in [6, 6.07) is 21.6. The number of anilines is 1. The third kappa shape index (κ3) is 10.0. The fraction of sp³-hybridized carbons (Fsp3) is 0.297. The van der Waals surface area contributed by atoms with E-state index in [-0.39, 0.29) is 51.0 Å². The zero-order valence-electron chi connectivity index (χ0n) is 28.9. The van der Waals surface area contributed by atoms with E-state index >= 15 is 0 Å². The highest BCUT2D eigenvalue weighted by Gasteiger charge is 2.36. The lowest BCUT2D eigenvalue weighted by atomic mass is 10.0. The van der Waals surface area contributed by atoms with Crippen molar-refractivity contribution in [2.45, 2.75) is 37.8 Å². The largest absolute Gasteiger partial charge is 0.495 e. The van der Waals surface area contributed by atoms with Gasteiger partial charge in [0.2, 0.25) is 11.8 Å². The Labute approximate surface area is 314 Å². The molecule has 0 saturated carbocycles. The second-order valence-corrected chi connectivity index (χ2v) is 15.1. The van der Waals surface area contributed by atoms with Gasteiger partial charge in [-0.2, -0.15) is 0 Å². The Morgan fingerprint density at radius 1 is 0.765 bits per heavy atom. The predicted molar refractivity (Wildman–Crippen MR) is 201 cm³/mol. The van der Waals surface area contributed by atoms with Crippen LogP contribution in [0.4, 0.5) is 5.69 Å². The number of carbonyl (C=O) groups is 2. The molecule has 0 heterocycles. The summed E-state index contributed by atoms with van der Waals surface area (Å²) in [7, 11) is -0.340. The Bertz CT molecular complexity index is 1950. The first-order valence-electron chi connectivity index (χ1n) is 15.9. The highest BCUT2D eigenvalue weighted by molar-refractivity contribution is 7.92. The lowest BCUT2D eigenvalue weighted by molar-refractivity contribution is -0.140. The molecule has 4 rings (SSSR count). The first-order valence-corrected chi connectivity index (χ1v) is 18.5. The maximum absolute atomic E-state index is 14.8. The molecule has 272 valence electrons. The average molecular weight is 777 g/mol. The summed E-state index contributed by atoms with van der Waals surface area (Å²) >= 11 is 19.0. The zero-order valence-corrected chi connectivity index (χ0v) is 31.9. The lowest BCUT2D eigenvalue weighted by Gasteiger charge is -2.34. The topological polar surface area (TPSA) is 114 Å². The Balaban J connectivity index is 1.89. The molecule has 1 N–H and O–H groups in total. The van der Waals surface area contributed by atoms with E-state index in [0.29, 0.717) is 22.9 Å². The van der Waals surface area contributed by atoms with Crippen molar-refractivity contribution in [3.8, 4) is 17.2 Å². The fourth-order valence-corrected chi connectivity index (χ4v) is 7.21. The third-order valence-electron chi connectivity index (χ3n) is 7.92. The molecule has 2 amide bonds. The van der Waals surface area contributed by atoms with Crippen molar-refractivity contribution in [3.63, 3.8) is 0 Å². The molecule has 0 bridgehead atoms. The number of hydrogen-bond donors (Lipinski definition) is 1. The van der Waals surface area contributed by atoms with Crippen LogP contribution >= 0.6 is 34.8 Å². The number of methoxy groups -OCH3 is 3. The van der Waals surface area contributed by atoms with E-state index in [0.717, 1.165) is 9.87 Å². The predicted octanol–water partition coefficient (Wildman–Crippen LogP) is 7.28. The van der Waals surface area contributed by atoms with E-state index < -0.39 is 34.4 Å². The minimum Gasteiger partial charge on any atom is -0.495 e. The first-order chi connectivity index (χ1) is 24.3. The van der Waals surface area contributed by atoms with Gasteiger partial charge < -0.3 is 24.4 Å². The van der Waals surface area contributed by atoms with Gasteiger partial charge in [0, 0.05) is 30.6 Å². The zero-order chi connectivity index (χ0) is 37.3. The van der Waals surface area contributed by atoms with Crippen LogP contribution < -0.4 is 23.8 Å². The van der Waals surface area contributed by atoms with Crippen LogP contribution in [0.25, 0.3) is 0 Å². The molecule has 4 aromatic carbocycles. The van der Waals surface area contributed by atoms with Crippen molar-refractivity contribution < 1.29 is 32.2 Å². The van der Waals surface area contributed by atoms with Gasteiger partial charge >= 0.3 is 0 Å². The summed E-state index contributed by atoms with van der Waals surface area (Å²) in [5, 5.41) is 3.73. The van der Waals surface area contributed by atoms with Gasteiger partial charge in [0.15, 0.2) is 11.5 Å². The number of sulfonamides is 1. The maximum Gasteiger partial charge on any atom is 0.265 e. The van der Waals surface area contributed by atoms with E-state index in [4.69, 9.17) is 49.0 Å². The number of halogens is 3. The number of nitrogens with zero attached hydrogens (tertiary/aromatic N) is 2. The van der Waals surface area contributed by atoms with Crippen molar-refractivity contribution in [1.29, 1.82) is 0 Å². The summed E-state index contributed by atoms with van der Waals surface area (Å²) < 4.78 is 46.4. The minimum atomic E-state index is -4.53. The lowest BCUT2D eigenvalue weighted by Crippen LogP contribution is -2.53. The smallest absolute Gasteiger partial charge is 0.265 e. The molecular formula is C37H40Cl3N3O7S. The van der Waals surface area contributed by atoms with Crippen LogP contribution in [-0.4, -0.2) is 65.6 Å². The van der Waals surface area contributed by atoms with Gasteiger partial charge in [0.05, 0.1) is 42.0 Å². The molecule has 51 heavy (non-hydrogen) atoms. The normalized spacial score (nSPS) is 11.9. The van der Waals surface area contributed by atoms with Gasteiger partial charge in [-0.05, 0) is 59.5 Å². The van der Waals surface area contributed by atoms with Crippen LogP contribution in [0.3, 0.4) is 0 Å². The second-order valence-electron chi connectivity index (χ2n) is 12.0. The maximum atomic E-state index is 14.8. The molecule has 0 aliphatic carbocycles. The van der Waals surface area contributed by atoms with Crippen molar-refractivity contribution in [2.75, 3.05) is 38.7 Å². The third-order valence-corrected chi connectivity index (χ3v) is 10.7. The molecule has 0 aliphatic rings. The molecule has 14 heteroatoms. The van der Waals surface area contributed by atoms with Crippen LogP contribution in [0, 0.1) is 5.92 Å². The van der Waals surface area contributed by atoms with E-state index in [1.807, 2.05) is 44.2 Å². The van der Waals surface area contributed by atoms with E-state index in [1.54, 1.807) is 24.3 Å². The molecule has 4 aromatic rings. The van der Waals surface area contributed by atoms with Crippen LogP contribution in [0.2, 0.25) is 15.1 Å². The summed E-state index contributed by atoms with van der Waals surface area (Å²) in [6.45, 7) is 3.44. The molecule has 0 aromatic heterocycles. The fourth-order valence-electron chi connectivity index (χ4n) is 5.29. The average Bonchev–Trinajstić information content (AvgIpc) is 3.12. The molecule has 0 spiro atoms. The van der Waals surface area contributed by atoms with Crippen molar-refractivity contribution >= 4 is 62.3 Å². The second kappa shape index (κ2) is 17.9. The summed E-state index contributed by atoms with van der Waals surface area (Å²) in [5.41, 5.74) is 1.37. The number of benzene rings is 4. The van der Waals surface area contributed by atoms with Crippen molar-refractivity contribution in [2.24, 2.45) is 5.92 Å². The molecule has 0 fully saturated rings. The van der Waals surface area contributed by atoms with Gasteiger partial charge in [-0.15, -0.1) is 0 Å². The van der Waals surface area contributed by atoms with E-state index in [1.165, 1.54) is 56.6 Å². The highest BCUT2D eigenvalue weighted by Crippen LogP contribution is 2.37. The Hall–Kier alpha value is -4.16. The van der Waals surface area contributed by atoms with Gasteiger partial charge in [-0.25, -0.2) is 8.42 Å². The molecular weight excluding hydrogens is 737 g/mol. The SMILES string of the molecule is COc1ccc(S(=O)(=O)N(CC(=O)N(Cc2ccc(Cl)c(Cl)c2)[C@@H](Cc2ccccc2)C(=O)NCC(C)C)c2cc(Cl)ccc2OC)cc1OC. The number of carbonyl (C=O) groups excluding carboxylic acids is 2. The van der Waals surface area contributed by atoms with Gasteiger partial charge in [-0.1, -0.05) is 85.0 Å². The number of rotatable bonds is 16. The van der Waals surface area contributed by atoms with E-state index in [2.05, 4.69) is 5.32 Å². The summed E-state index contributed by atoms with van der Waals surface area (Å²) in [5.74, 6) is -0.355. The highest BCUT2D eigenvalue weighted by atomic mass is 35.5. The van der Waals surface area contributed by atoms with Gasteiger partial charge in [0.1, 0.15) is 18.3 Å². The van der Waals surface area contributed by atoms with Crippen molar-refractivity contribution in [3.05, 3.63) is 111 Å². The molecule has 0 aliphatic heterocycles. The Morgan fingerprint density at radius 2 is 1.43 bits per heavy atom. The number of amides is 2. The Morgan fingerprint density at radius 3 is 2.06 bits per heavy atom. The monoisotopic (exact) mass is 775 g/mol. The van der Waals surface area contributed by atoms with Crippen LogP contribution in [0.15, 0.2) is 89.8 Å². The van der Waals surface area contributed by atoms with Crippen molar-refractivity contribution in [1.82, 2.24) is 10.2 Å². The first kappa shape index (κ1) is 39.6. The van der Waals surface area contributed by atoms with Gasteiger partial charge in [-0.3, -0.25) is 13.9 Å². The van der Waals surface area contributed by atoms with Crippen LogP contribution in [0.1, 0.15) is 25.0 Å². The quantitative estimate of drug-likeness (QED) is 0.127. The molecule has 0 saturated heterocycles. The molecule has 1 atom stereocenters. The number of hydrogen-bond acceptors (Lipinski definition) is 7. The van der Waals surface area contributed by atoms with Crippen LogP contribution in [0.5, 0.6) is 17.2 Å². The minimum absolute atomic E-state index is 0.00601. The summed E-state index contributed by atoms with van der Waals surface area (Å²) in [4.78, 5) is 30.0. The van der Waals surface area contributed by atoms with E-state index in [9.17, 15) is 18.0 Å². The number of ether oxygens (including phenoxy) is 3. The molecule has 0 radical (unpaired) electrons. The van der Waals surface area contributed by atoms with Crippen LogP contribution in [-0.2, 0) is 32.6 Å². The molecule has 10 nitrogen and oxygen atoms in total. The Kier molecular flexibility index (Phi) is 13.9. The molecule has 0 unspecified atom stereocenters. The summed E-state index contributed by atoms with van der Waals surface area (Å²) in [6.07, 6.45) is 0.140. The number of nitrogens with one attached hydrogen (secondary N) is 1. The van der Waals surface area contributed by atoms with Gasteiger partial charge in [0.25, 0.3) is 10.0 Å².